The first-order valence-corrected chi connectivity index (χ1v) is 5.96. The number of aliphatic hydroxyl groups is 4. The molecule has 1 aromatic rings. The topological polar surface area (TPSA) is 107 Å². The van der Waals surface area contributed by atoms with E-state index in [-0.39, 0.29) is 0 Å². The van der Waals surface area contributed by atoms with Gasteiger partial charge in [-0.3, -0.25) is 4.79 Å². The van der Waals surface area contributed by atoms with Crippen molar-refractivity contribution < 1.29 is 30.0 Å². The Kier molecular flexibility index (Phi) is 4.28. The molecule has 1 saturated heterocycles. The lowest BCUT2D eigenvalue weighted by Gasteiger charge is -2.39. The van der Waals surface area contributed by atoms with Gasteiger partial charge in [-0.2, -0.15) is 0 Å². The highest BCUT2D eigenvalue weighted by atomic mass is 16.5. The number of carbonyl (C=O) groups is 1. The number of hydrogen-bond donors (Lipinski definition) is 4. The van der Waals surface area contributed by atoms with Crippen molar-refractivity contribution in [2.45, 2.75) is 30.5 Å². The summed E-state index contributed by atoms with van der Waals surface area (Å²) in [6.45, 7) is -0.552. The van der Waals surface area contributed by atoms with Crippen LogP contribution in [0.15, 0.2) is 30.3 Å². The van der Waals surface area contributed by atoms with Gasteiger partial charge in [0.05, 0.1) is 6.61 Å². The monoisotopic (exact) mass is 268 g/mol. The van der Waals surface area contributed by atoms with Gasteiger partial charge in [-0.25, -0.2) is 0 Å². The minimum absolute atomic E-state index is 0.326. The highest BCUT2D eigenvalue weighted by Crippen LogP contribution is 2.23. The molecule has 1 heterocycles. The van der Waals surface area contributed by atoms with Crippen LogP contribution in [0.4, 0.5) is 0 Å². The first-order valence-electron chi connectivity index (χ1n) is 5.96. The van der Waals surface area contributed by atoms with Crippen LogP contribution in [-0.2, 0) is 4.74 Å². The number of benzene rings is 1. The Hall–Kier alpha value is -1.31. The normalized spacial score (nSPS) is 35.1. The van der Waals surface area contributed by atoms with Crippen LogP contribution in [0.1, 0.15) is 10.4 Å². The van der Waals surface area contributed by atoms with E-state index in [4.69, 9.17) is 9.84 Å². The van der Waals surface area contributed by atoms with E-state index >= 15 is 0 Å². The van der Waals surface area contributed by atoms with E-state index < -0.39 is 42.9 Å². The van der Waals surface area contributed by atoms with Crippen LogP contribution in [0.5, 0.6) is 0 Å². The lowest BCUT2D eigenvalue weighted by molar-refractivity contribution is -0.215. The third kappa shape index (κ3) is 2.68. The molecule has 6 heteroatoms. The average molecular weight is 268 g/mol. The SMILES string of the molecule is O=C(c1ccccc1)[C@@H]1OC(CO)[C@@H](O)C(O)C1O. The number of hydrogen-bond acceptors (Lipinski definition) is 6. The Morgan fingerprint density at radius 2 is 1.68 bits per heavy atom. The van der Waals surface area contributed by atoms with E-state index in [0.29, 0.717) is 5.56 Å². The molecule has 0 spiro atoms. The molecule has 0 aromatic heterocycles. The van der Waals surface area contributed by atoms with Gasteiger partial charge in [0.15, 0.2) is 5.78 Å². The van der Waals surface area contributed by atoms with Crippen LogP contribution in [0, 0.1) is 0 Å². The number of ketones is 1. The molecule has 0 amide bonds. The maximum Gasteiger partial charge on any atom is 0.194 e. The molecule has 19 heavy (non-hydrogen) atoms. The number of ether oxygens (including phenoxy) is 1. The summed E-state index contributed by atoms with van der Waals surface area (Å²) in [5, 5.41) is 38.1. The van der Waals surface area contributed by atoms with Gasteiger partial charge < -0.3 is 25.2 Å². The summed E-state index contributed by atoms with van der Waals surface area (Å²) in [4.78, 5) is 12.2. The van der Waals surface area contributed by atoms with Gasteiger partial charge in [0.25, 0.3) is 0 Å². The number of Topliss-reactive ketones (excluding diaryl/α,β-unsaturated/α-hetero) is 1. The van der Waals surface area contributed by atoms with Crippen molar-refractivity contribution in [2.24, 2.45) is 0 Å². The maximum atomic E-state index is 12.2. The lowest BCUT2D eigenvalue weighted by atomic mass is 9.91. The van der Waals surface area contributed by atoms with Crippen molar-refractivity contribution in [2.75, 3.05) is 6.61 Å². The molecule has 3 unspecified atom stereocenters. The van der Waals surface area contributed by atoms with Gasteiger partial charge in [0.2, 0.25) is 0 Å². The standard InChI is InChI=1S/C13H16O6/c14-6-8-10(16)11(17)12(18)13(19-8)9(15)7-4-2-1-3-5-7/h1-5,8,10-14,16-18H,6H2/t8?,10-,11?,12?,13+/m1/s1. The molecule has 0 radical (unpaired) electrons. The first kappa shape index (κ1) is 14.1. The smallest absolute Gasteiger partial charge is 0.194 e. The van der Waals surface area contributed by atoms with Gasteiger partial charge in [-0.1, -0.05) is 30.3 Å². The van der Waals surface area contributed by atoms with E-state index in [0.717, 1.165) is 0 Å². The minimum atomic E-state index is -1.54. The highest BCUT2D eigenvalue weighted by molar-refractivity contribution is 6.00. The molecule has 1 aliphatic heterocycles. The predicted octanol–water partition coefficient (Wildman–Crippen LogP) is -1.29. The van der Waals surface area contributed by atoms with Crippen LogP contribution in [-0.4, -0.2) is 63.3 Å². The zero-order valence-electron chi connectivity index (χ0n) is 10.1. The average Bonchev–Trinajstić information content (AvgIpc) is 2.45. The van der Waals surface area contributed by atoms with Gasteiger partial charge in [0.1, 0.15) is 30.5 Å². The molecule has 1 aliphatic rings. The quantitative estimate of drug-likeness (QED) is 0.508. The van der Waals surface area contributed by atoms with E-state index in [1.807, 2.05) is 0 Å². The fraction of sp³-hybridized carbons (Fsp3) is 0.462. The molecule has 1 aromatic carbocycles. The molecule has 0 bridgehead atoms. The maximum absolute atomic E-state index is 12.2. The van der Waals surface area contributed by atoms with E-state index in [2.05, 4.69) is 0 Å². The van der Waals surface area contributed by atoms with E-state index in [1.54, 1.807) is 30.3 Å². The van der Waals surface area contributed by atoms with Crippen molar-refractivity contribution in [1.82, 2.24) is 0 Å². The van der Waals surface area contributed by atoms with Gasteiger partial charge in [-0.05, 0) is 0 Å². The molecule has 104 valence electrons. The Balaban J connectivity index is 2.21. The van der Waals surface area contributed by atoms with E-state index in [1.165, 1.54) is 0 Å². The molecule has 0 aliphatic carbocycles. The van der Waals surface area contributed by atoms with Crippen molar-refractivity contribution in [3.8, 4) is 0 Å². The highest BCUT2D eigenvalue weighted by Gasteiger charge is 2.46. The molecule has 5 atom stereocenters. The zero-order valence-corrected chi connectivity index (χ0v) is 10.1. The second kappa shape index (κ2) is 5.77. The fourth-order valence-corrected chi connectivity index (χ4v) is 2.08. The molecular formula is C13H16O6. The first-order chi connectivity index (χ1) is 9.06. The molecule has 6 nitrogen and oxygen atoms in total. The van der Waals surface area contributed by atoms with Crippen LogP contribution in [0.25, 0.3) is 0 Å². The second-order valence-electron chi connectivity index (χ2n) is 4.48. The van der Waals surface area contributed by atoms with Crippen molar-refractivity contribution >= 4 is 5.78 Å². The summed E-state index contributed by atoms with van der Waals surface area (Å²) in [6, 6.07) is 8.19. The Morgan fingerprint density at radius 3 is 2.26 bits per heavy atom. The summed E-state index contributed by atoms with van der Waals surface area (Å²) >= 11 is 0. The van der Waals surface area contributed by atoms with Crippen molar-refractivity contribution in [3.05, 3.63) is 35.9 Å². The minimum Gasteiger partial charge on any atom is -0.394 e. The predicted molar refractivity (Wildman–Crippen MR) is 64.5 cm³/mol. The Labute approximate surface area is 109 Å². The number of aliphatic hydroxyl groups excluding tert-OH is 4. The Morgan fingerprint density at radius 1 is 1.05 bits per heavy atom. The second-order valence-corrected chi connectivity index (χ2v) is 4.48. The van der Waals surface area contributed by atoms with Gasteiger partial charge in [0, 0.05) is 5.56 Å². The largest absolute Gasteiger partial charge is 0.394 e. The van der Waals surface area contributed by atoms with Crippen LogP contribution in [0.3, 0.4) is 0 Å². The summed E-state index contributed by atoms with van der Waals surface area (Å²) in [5.41, 5.74) is 0.326. The number of carbonyl (C=O) groups excluding carboxylic acids is 1. The zero-order chi connectivity index (χ0) is 14.0. The molecule has 4 N–H and O–H groups in total. The fourth-order valence-electron chi connectivity index (χ4n) is 2.08. The summed E-state index contributed by atoms with van der Waals surface area (Å²) in [5.74, 6) is -0.502. The van der Waals surface area contributed by atoms with Gasteiger partial charge in [-0.15, -0.1) is 0 Å². The lowest BCUT2D eigenvalue weighted by Crippen LogP contribution is -2.60. The van der Waals surface area contributed by atoms with Crippen LogP contribution in [0.2, 0.25) is 0 Å². The molecule has 2 rings (SSSR count). The van der Waals surface area contributed by atoms with Gasteiger partial charge >= 0.3 is 0 Å². The third-order valence-electron chi connectivity index (χ3n) is 3.21. The molecule has 0 saturated carbocycles. The van der Waals surface area contributed by atoms with E-state index in [9.17, 15) is 20.1 Å². The summed E-state index contributed by atoms with van der Waals surface area (Å²) < 4.78 is 5.19. The Bertz CT molecular complexity index is 432. The van der Waals surface area contributed by atoms with Crippen molar-refractivity contribution in [3.63, 3.8) is 0 Å². The molecular weight excluding hydrogens is 252 g/mol. The summed E-state index contributed by atoms with van der Waals surface area (Å²) in [7, 11) is 0. The number of rotatable bonds is 3. The van der Waals surface area contributed by atoms with Crippen LogP contribution < -0.4 is 0 Å². The molecule has 1 fully saturated rings. The van der Waals surface area contributed by atoms with Crippen molar-refractivity contribution in [1.29, 1.82) is 0 Å². The van der Waals surface area contributed by atoms with Crippen LogP contribution >= 0.6 is 0 Å². The summed E-state index contributed by atoms with van der Waals surface area (Å²) in [6.07, 6.45) is -6.91. The third-order valence-corrected chi connectivity index (χ3v) is 3.21.